The second-order valence-corrected chi connectivity index (χ2v) is 5.36. The Morgan fingerprint density at radius 2 is 1.70 bits per heavy atom. The Balaban J connectivity index is 2.33. The number of rotatable bonds is 4. The van der Waals surface area contributed by atoms with Crippen LogP contribution in [-0.2, 0) is 6.18 Å². The van der Waals surface area contributed by atoms with Crippen molar-refractivity contribution in [2.45, 2.75) is 6.18 Å². The molecule has 0 fully saturated rings. The number of carbonyl (C=O) groups is 1. The molecule has 0 aliphatic heterocycles. The van der Waals surface area contributed by atoms with E-state index in [1.807, 2.05) is 0 Å². The number of hydrogen-bond acceptors (Lipinski definition) is 1. The van der Waals surface area contributed by atoms with Gasteiger partial charge in [-0.15, -0.1) is 0 Å². The summed E-state index contributed by atoms with van der Waals surface area (Å²) in [5, 5.41) is 2.88. The van der Waals surface area contributed by atoms with Gasteiger partial charge in [-0.25, -0.2) is 0 Å². The molecule has 2 nitrogen and oxygen atoms in total. The van der Waals surface area contributed by atoms with Crippen molar-refractivity contribution in [3.8, 4) is 11.1 Å². The van der Waals surface area contributed by atoms with Crippen LogP contribution in [0.1, 0.15) is 15.9 Å². The molecule has 1 N–H and O–H groups in total. The van der Waals surface area contributed by atoms with E-state index < -0.39 is 11.7 Å². The third-order valence-electron chi connectivity index (χ3n) is 3.14. The highest BCUT2D eigenvalue weighted by Crippen LogP contribution is 2.31. The fourth-order valence-electron chi connectivity index (χ4n) is 2.04. The van der Waals surface area contributed by atoms with E-state index in [4.69, 9.17) is 11.6 Å². The van der Waals surface area contributed by atoms with Crippen LogP contribution >= 0.6 is 11.6 Å². The summed E-state index contributed by atoms with van der Waals surface area (Å²) in [5.74, 6) is -0.373. The first-order valence-corrected chi connectivity index (χ1v) is 7.05. The number of carbonyl (C=O) groups excluding carboxylic acids is 1. The highest BCUT2D eigenvalue weighted by molar-refractivity contribution is 6.29. The molecule has 23 heavy (non-hydrogen) atoms. The Morgan fingerprint density at radius 3 is 2.26 bits per heavy atom. The minimum absolute atomic E-state index is 0.113. The van der Waals surface area contributed by atoms with Gasteiger partial charge in [-0.1, -0.05) is 48.5 Å². The monoisotopic (exact) mass is 339 g/mol. The maximum Gasteiger partial charge on any atom is 0.416 e. The van der Waals surface area contributed by atoms with Gasteiger partial charge in [-0.2, -0.15) is 13.2 Å². The van der Waals surface area contributed by atoms with Crippen LogP contribution < -0.4 is 5.32 Å². The Labute approximate surface area is 136 Å². The lowest BCUT2D eigenvalue weighted by atomic mass is 9.98. The van der Waals surface area contributed by atoms with Crippen molar-refractivity contribution in [3.05, 3.63) is 71.3 Å². The summed E-state index contributed by atoms with van der Waals surface area (Å²) < 4.78 is 37.9. The largest absolute Gasteiger partial charge is 0.416 e. The topological polar surface area (TPSA) is 29.1 Å². The molecular formula is C17H13ClF3NO. The van der Waals surface area contributed by atoms with E-state index in [2.05, 4.69) is 11.9 Å². The van der Waals surface area contributed by atoms with E-state index in [0.29, 0.717) is 16.7 Å². The minimum atomic E-state index is -4.39. The molecule has 120 valence electrons. The van der Waals surface area contributed by atoms with Gasteiger partial charge in [0.1, 0.15) is 0 Å². The number of hydrogen-bond donors (Lipinski definition) is 1. The van der Waals surface area contributed by atoms with Crippen LogP contribution in [0.2, 0.25) is 0 Å². The van der Waals surface area contributed by atoms with E-state index in [-0.39, 0.29) is 17.5 Å². The standard InChI is InChI=1S/C17H13ClF3NO/c1-11(18)10-22-16(23)15-5-3-2-4-14(15)12-6-8-13(9-7-12)17(19,20)21/h2-9H,1,10H2,(H,22,23). The summed E-state index contributed by atoms with van der Waals surface area (Å²) in [6, 6.07) is 11.3. The van der Waals surface area contributed by atoms with E-state index in [1.54, 1.807) is 24.3 Å². The fraction of sp³-hybridized carbons (Fsp3) is 0.118. The van der Waals surface area contributed by atoms with Gasteiger partial charge < -0.3 is 5.32 Å². The van der Waals surface area contributed by atoms with E-state index in [9.17, 15) is 18.0 Å². The highest BCUT2D eigenvalue weighted by atomic mass is 35.5. The molecule has 2 rings (SSSR count). The molecule has 6 heteroatoms. The fourth-order valence-corrected chi connectivity index (χ4v) is 2.11. The number of nitrogens with one attached hydrogen (secondary N) is 1. The molecule has 0 atom stereocenters. The molecule has 0 heterocycles. The van der Waals surface area contributed by atoms with Crippen LogP contribution in [0.3, 0.4) is 0 Å². The molecule has 0 aliphatic rings. The van der Waals surface area contributed by atoms with Gasteiger partial charge in [0.2, 0.25) is 0 Å². The number of amides is 1. The molecule has 0 aromatic heterocycles. The first-order chi connectivity index (χ1) is 10.8. The SMILES string of the molecule is C=C(Cl)CNC(=O)c1ccccc1-c1ccc(C(F)(F)F)cc1. The molecule has 0 saturated carbocycles. The lowest BCUT2D eigenvalue weighted by molar-refractivity contribution is -0.137. The zero-order valence-corrected chi connectivity index (χ0v) is 12.7. The van der Waals surface area contributed by atoms with Crippen LogP contribution in [0, 0.1) is 0 Å². The predicted octanol–water partition coefficient (Wildman–Crippen LogP) is 4.85. The summed E-state index contributed by atoms with van der Waals surface area (Å²) in [4.78, 5) is 12.2. The van der Waals surface area contributed by atoms with Crippen molar-refractivity contribution in [3.63, 3.8) is 0 Å². The summed E-state index contributed by atoms with van der Waals surface area (Å²) in [6.07, 6.45) is -4.39. The Kier molecular flexibility index (Phi) is 5.11. The first-order valence-electron chi connectivity index (χ1n) is 6.67. The maximum atomic E-state index is 12.6. The van der Waals surface area contributed by atoms with Gasteiger partial charge in [-0.3, -0.25) is 4.79 Å². The Hall–Kier alpha value is -2.27. The second kappa shape index (κ2) is 6.87. The molecule has 2 aromatic rings. The summed E-state index contributed by atoms with van der Waals surface area (Å²) in [5.41, 5.74) is 0.680. The smallest absolute Gasteiger partial charge is 0.347 e. The van der Waals surface area contributed by atoms with E-state index in [0.717, 1.165) is 12.1 Å². The first kappa shape index (κ1) is 17.1. The van der Waals surface area contributed by atoms with Gasteiger partial charge in [0.25, 0.3) is 5.91 Å². The summed E-state index contributed by atoms with van der Waals surface area (Å²) in [7, 11) is 0. The molecule has 0 spiro atoms. The van der Waals surface area contributed by atoms with Gasteiger partial charge in [0.05, 0.1) is 12.1 Å². The molecule has 0 radical (unpaired) electrons. The molecule has 0 saturated heterocycles. The molecule has 0 unspecified atom stereocenters. The van der Waals surface area contributed by atoms with Crippen molar-refractivity contribution in [1.29, 1.82) is 0 Å². The van der Waals surface area contributed by atoms with Gasteiger partial charge in [-0.05, 0) is 29.3 Å². The van der Waals surface area contributed by atoms with Crippen molar-refractivity contribution in [2.24, 2.45) is 0 Å². The average molecular weight is 340 g/mol. The second-order valence-electron chi connectivity index (χ2n) is 4.82. The van der Waals surface area contributed by atoms with E-state index >= 15 is 0 Å². The van der Waals surface area contributed by atoms with Crippen LogP contribution in [-0.4, -0.2) is 12.5 Å². The van der Waals surface area contributed by atoms with Gasteiger partial charge >= 0.3 is 6.18 Å². The quantitative estimate of drug-likeness (QED) is 0.847. The third-order valence-corrected chi connectivity index (χ3v) is 3.27. The maximum absolute atomic E-state index is 12.6. The molecular weight excluding hydrogens is 327 g/mol. The van der Waals surface area contributed by atoms with Crippen LogP contribution in [0.15, 0.2) is 60.1 Å². The van der Waals surface area contributed by atoms with Crippen LogP contribution in [0.4, 0.5) is 13.2 Å². The zero-order chi connectivity index (χ0) is 17.0. The number of halogens is 4. The third kappa shape index (κ3) is 4.36. The van der Waals surface area contributed by atoms with Gasteiger partial charge in [0.15, 0.2) is 0 Å². The van der Waals surface area contributed by atoms with Crippen molar-refractivity contribution in [2.75, 3.05) is 6.54 Å². The lowest BCUT2D eigenvalue weighted by Crippen LogP contribution is -2.25. The van der Waals surface area contributed by atoms with Crippen LogP contribution in [0.25, 0.3) is 11.1 Å². The number of alkyl halides is 3. The minimum Gasteiger partial charge on any atom is -0.347 e. The Bertz CT molecular complexity index is 723. The average Bonchev–Trinajstić information content (AvgIpc) is 2.52. The normalized spacial score (nSPS) is 11.1. The zero-order valence-electron chi connectivity index (χ0n) is 12.0. The molecule has 0 aliphatic carbocycles. The van der Waals surface area contributed by atoms with Crippen molar-refractivity contribution in [1.82, 2.24) is 5.32 Å². The Morgan fingerprint density at radius 1 is 1.09 bits per heavy atom. The van der Waals surface area contributed by atoms with Crippen LogP contribution in [0.5, 0.6) is 0 Å². The molecule has 0 bridgehead atoms. The molecule has 1 amide bonds. The summed E-state index contributed by atoms with van der Waals surface area (Å²) in [6.45, 7) is 3.59. The van der Waals surface area contributed by atoms with Crippen molar-refractivity contribution < 1.29 is 18.0 Å². The lowest BCUT2D eigenvalue weighted by Gasteiger charge is -2.11. The predicted molar refractivity (Wildman–Crippen MR) is 84.2 cm³/mol. The van der Waals surface area contributed by atoms with E-state index in [1.165, 1.54) is 12.1 Å². The van der Waals surface area contributed by atoms with Gasteiger partial charge in [0, 0.05) is 10.6 Å². The summed E-state index contributed by atoms with van der Waals surface area (Å²) >= 11 is 5.61. The molecule has 2 aromatic carbocycles. The highest BCUT2D eigenvalue weighted by Gasteiger charge is 2.30. The van der Waals surface area contributed by atoms with Crippen molar-refractivity contribution >= 4 is 17.5 Å². The number of benzene rings is 2.